The van der Waals surface area contributed by atoms with Crippen molar-refractivity contribution in [3.63, 3.8) is 0 Å². The average molecular weight is 259 g/mol. The summed E-state index contributed by atoms with van der Waals surface area (Å²) in [7, 11) is 1.79. The van der Waals surface area contributed by atoms with Crippen LogP contribution >= 0.6 is 15.9 Å². The highest BCUT2D eigenvalue weighted by molar-refractivity contribution is 9.10. The Labute approximate surface area is 92.6 Å². The lowest BCUT2D eigenvalue weighted by Gasteiger charge is -2.11. The van der Waals surface area contributed by atoms with Gasteiger partial charge in [0.05, 0.1) is 10.7 Å². The van der Waals surface area contributed by atoms with Crippen LogP contribution in [0.5, 0.6) is 0 Å². The number of nitrogens with zero attached hydrogens (tertiary/aromatic N) is 2. The number of halogens is 1. The molecule has 78 valence electrons. The third-order valence-corrected chi connectivity index (χ3v) is 3.06. The van der Waals surface area contributed by atoms with E-state index in [1.807, 2.05) is 13.8 Å². The molecule has 0 N–H and O–H groups in total. The molecule has 0 radical (unpaired) electrons. The molecule has 14 heavy (non-hydrogen) atoms. The van der Waals surface area contributed by atoms with Gasteiger partial charge in [0.2, 0.25) is 0 Å². The lowest BCUT2D eigenvalue weighted by atomic mass is 9.96. The Hall–Kier alpha value is -0.640. The van der Waals surface area contributed by atoms with Crippen molar-refractivity contribution in [3.05, 3.63) is 16.4 Å². The zero-order valence-corrected chi connectivity index (χ0v) is 10.3. The third-order valence-electron chi connectivity index (χ3n) is 2.48. The van der Waals surface area contributed by atoms with Gasteiger partial charge in [0.1, 0.15) is 5.69 Å². The van der Waals surface area contributed by atoms with Crippen molar-refractivity contribution < 1.29 is 4.79 Å². The molecule has 0 bridgehead atoms. The van der Waals surface area contributed by atoms with Gasteiger partial charge in [0.15, 0.2) is 5.78 Å². The van der Waals surface area contributed by atoms with Gasteiger partial charge < -0.3 is 0 Å². The first-order valence-electron chi connectivity index (χ1n) is 4.83. The van der Waals surface area contributed by atoms with Gasteiger partial charge in [-0.1, -0.05) is 13.8 Å². The molecule has 1 rings (SSSR count). The topological polar surface area (TPSA) is 34.9 Å². The number of carbonyl (C=O) groups is 1. The standard InChI is InChI=1S/C10H15BrN2O/c1-4-7(5-2)10(14)9-8(11)6-12-13(9)3/h6-7H,4-5H2,1-3H3. The van der Waals surface area contributed by atoms with E-state index in [1.54, 1.807) is 17.9 Å². The molecule has 0 aliphatic heterocycles. The predicted octanol–water partition coefficient (Wildman–Crippen LogP) is 2.80. The molecule has 0 unspecified atom stereocenters. The number of Topliss-reactive ketones (excluding diaryl/α,β-unsaturated/α-hetero) is 1. The Kier molecular flexibility index (Phi) is 3.86. The molecular weight excluding hydrogens is 244 g/mol. The molecule has 1 aromatic heterocycles. The maximum Gasteiger partial charge on any atom is 0.185 e. The van der Waals surface area contributed by atoms with Crippen LogP contribution in [0.3, 0.4) is 0 Å². The summed E-state index contributed by atoms with van der Waals surface area (Å²) in [5, 5.41) is 4.04. The van der Waals surface area contributed by atoms with E-state index >= 15 is 0 Å². The highest BCUT2D eigenvalue weighted by Crippen LogP contribution is 2.21. The van der Waals surface area contributed by atoms with Crippen LogP contribution < -0.4 is 0 Å². The van der Waals surface area contributed by atoms with Crippen LogP contribution in [0.2, 0.25) is 0 Å². The van der Waals surface area contributed by atoms with E-state index in [0.717, 1.165) is 17.3 Å². The van der Waals surface area contributed by atoms with Crippen LogP contribution in [-0.4, -0.2) is 15.6 Å². The molecule has 0 aliphatic carbocycles. The molecule has 1 heterocycles. The van der Waals surface area contributed by atoms with Gasteiger partial charge in [0, 0.05) is 13.0 Å². The van der Waals surface area contributed by atoms with Crippen molar-refractivity contribution in [2.45, 2.75) is 26.7 Å². The molecule has 4 heteroatoms. The summed E-state index contributed by atoms with van der Waals surface area (Å²) < 4.78 is 2.42. The second-order valence-electron chi connectivity index (χ2n) is 3.34. The number of aryl methyl sites for hydroxylation is 1. The maximum absolute atomic E-state index is 12.0. The van der Waals surface area contributed by atoms with E-state index < -0.39 is 0 Å². The van der Waals surface area contributed by atoms with E-state index in [-0.39, 0.29) is 11.7 Å². The fraction of sp³-hybridized carbons (Fsp3) is 0.600. The van der Waals surface area contributed by atoms with Gasteiger partial charge >= 0.3 is 0 Å². The highest BCUT2D eigenvalue weighted by atomic mass is 79.9. The van der Waals surface area contributed by atoms with Crippen molar-refractivity contribution >= 4 is 21.7 Å². The van der Waals surface area contributed by atoms with Gasteiger partial charge in [0.25, 0.3) is 0 Å². The second-order valence-corrected chi connectivity index (χ2v) is 4.20. The summed E-state index contributed by atoms with van der Waals surface area (Å²) >= 11 is 3.34. The summed E-state index contributed by atoms with van der Waals surface area (Å²) in [6, 6.07) is 0. The molecule has 0 aromatic carbocycles. The van der Waals surface area contributed by atoms with Gasteiger partial charge in [-0.3, -0.25) is 9.48 Å². The fourth-order valence-electron chi connectivity index (χ4n) is 1.54. The minimum Gasteiger partial charge on any atom is -0.292 e. The summed E-state index contributed by atoms with van der Waals surface area (Å²) in [6.07, 6.45) is 3.43. The Morgan fingerprint density at radius 3 is 2.50 bits per heavy atom. The summed E-state index contributed by atoms with van der Waals surface area (Å²) in [5.41, 5.74) is 0.679. The molecule has 1 aromatic rings. The van der Waals surface area contributed by atoms with Crippen LogP contribution in [0.1, 0.15) is 37.2 Å². The lowest BCUT2D eigenvalue weighted by molar-refractivity contribution is 0.0903. The number of hydrogen-bond donors (Lipinski definition) is 0. The molecule has 0 spiro atoms. The number of ketones is 1. The van der Waals surface area contributed by atoms with Gasteiger partial charge in [-0.05, 0) is 28.8 Å². The summed E-state index contributed by atoms with van der Waals surface area (Å²) in [5.74, 6) is 0.295. The normalized spacial score (nSPS) is 10.9. The van der Waals surface area contributed by atoms with Gasteiger partial charge in [-0.25, -0.2) is 0 Å². The average Bonchev–Trinajstić information content (AvgIpc) is 2.48. The molecule has 0 amide bonds. The van der Waals surface area contributed by atoms with Crippen LogP contribution in [0.4, 0.5) is 0 Å². The monoisotopic (exact) mass is 258 g/mol. The zero-order valence-electron chi connectivity index (χ0n) is 8.75. The van der Waals surface area contributed by atoms with Crippen molar-refractivity contribution in [3.8, 4) is 0 Å². The largest absolute Gasteiger partial charge is 0.292 e. The molecule has 3 nitrogen and oxygen atoms in total. The lowest BCUT2D eigenvalue weighted by Crippen LogP contribution is -2.17. The Morgan fingerprint density at radius 2 is 2.14 bits per heavy atom. The number of carbonyl (C=O) groups excluding carboxylic acids is 1. The van der Waals surface area contributed by atoms with E-state index in [1.165, 1.54) is 0 Å². The molecule has 0 atom stereocenters. The molecule has 0 fully saturated rings. The van der Waals surface area contributed by atoms with E-state index in [2.05, 4.69) is 21.0 Å². The van der Waals surface area contributed by atoms with Crippen LogP contribution in [0.25, 0.3) is 0 Å². The first kappa shape index (κ1) is 11.4. The summed E-state index contributed by atoms with van der Waals surface area (Å²) in [6.45, 7) is 4.08. The first-order valence-corrected chi connectivity index (χ1v) is 5.62. The summed E-state index contributed by atoms with van der Waals surface area (Å²) in [4.78, 5) is 12.0. The van der Waals surface area contributed by atoms with E-state index in [4.69, 9.17) is 0 Å². The van der Waals surface area contributed by atoms with Crippen LogP contribution in [-0.2, 0) is 7.05 Å². The van der Waals surface area contributed by atoms with E-state index in [0.29, 0.717) is 5.69 Å². The smallest absolute Gasteiger partial charge is 0.185 e. The van der Waals surface area contributed by atoms with Gasteiger partial charge in [-0.2, -0.15) is 5.10 Å². The quantitative estimate of drug-likeness (QED) is 0.779. The minimum absolute atomic E-state index is 0.113. The Bertz CT molecular complexity index is 309. The molecule has 0 saturated heterocycles. The molecule has 0 aliphatic rings. The molecule has 0 saturated carbocycles. The van der Waals surface area contributed by atoms with Crippen molar-refractivity contribution in [2.75, 3.05) is 0 Å². The van der Waals surface area contributed by atoms with Crippen molar-refractivity contribution in [1.29, 1.82) is 0 Å². The Balaban J connectivity index is 2.99. The number of rotatable bonds is 4. The number of hydrogen-bond acceptors (Lipinski definition) is 2. The SMILES string of the molecule is CCC(CC)C(=O)c1c(Br)cnn1C. The Morgan fingerprint density at radius 1 is 1.57 bits per heavy atom. The second kappa shape index (κ2) is 4.73. The van der Waals surface area contributed by atoms with Crippen molar-refractivity contribution in [2.24, 2.45) is 13.0 Å². The highest BCUT2D eigenvalue weighted by Gasteiger charge is 2.21. The van der Waals surface area contributed by atoms with Crippen molar-refractivity contribution in [1.82, 2.24) is 9.78 Å². The minimum atomic E-state index is 0.113. The van der Waals surface area contributed by atoms with E-state index in [9.17, 15) is 4.79 Å². The van der Waals surface area contributed by atoms with Crippen LogP contribution in [0.15, 0.2) is 10.7 Å². The van der Waals surface area contributed by atoms with Crippen LogP contribution in [0, 0.1) is 5.92 Å². The fourth-order valence-corrected chi connectivity index (χ4v) is 2.08. The zero-order chi connectivity index (χ0) is 10.7. The predicted molar refractivity (Wildman–Crippen MR) is 59.3 cm³/mol. The number of aromatic nitrogens is 2. The first-order chi connectivity index (χ1) is 6.61. The molecular formula is C10H15BrN2O. The maximum atomic E-state index is 12.0. The third kappa shape index (κ3) is 2.05. The van der Waals surface area contributed by atoms with Gasteiger partial charge in [-0.15, -0.1) is 0 Å².